The van der Waals surface area contributed by atoms with Crippen LogP contribution in [0.1, 0.15) is 27.8 Å². The number of para-hydroxylation sites is 2. The van der Waals surface area contributed by atoms with Gasteiger partial charge in [0.1, 0.15) is 11.9 Å². The van der Waals surface area contributed by atoms with Crippen LogP contribution in [0.25, 0.3) is 11.0 Å². The normalized spacial score (nSPS) is 11.7. The smallest absolute Gasteiger partial charge is 0.253 e. The zero-order chi connectivity index (χ0) is 20.8. The Hall–Kier alpha value is -4.00. The average Bonchev–Trinajstić information content (AvgIpc) is 3.21. The highest BCUT2D eigenvalue weighted by Gasteiger charge is 2.23. The van der Waals surface area contributed by atoms with E-state index in [0.717, 1.165) is 16.9 Å². The molecule has 30 heavy (non-hydrogen) atoms. The molecule has 7 heteroatoms. The van der Waals surface area contributed by atoms with Gasteiger partial charge in [0.25, 0.3) is 5.91 Å². The van der Waals surface area contributed by atoms with E-state index in [-0.39, 0.29) is 11.8 Å². The number of carbonyl (C=O) groups excluding carboxylic acids is 2. The fraction of sp³-hybridized carbons (Fsp3) is 0.130. The predicted molar refractivity (Wildman–Crippen MR) is 114 cm³/mol. The summed E-state index contributed by atoms with van der Waals surface area (Å²) in [7, 11) is 0. The van der Waals surface area contributed by atoms with E-state index in [0.29, 0.717) is 24.1 Å². The van der Waals surface area contributed by atoms with Gasteiger partial charge in [0.15, 0.2) is 0 Å². The summed E-state index contributed by atoms with van der Waals surface area (Å²) in [6, 6.07) is 19.5. The first-order chi connectivity index (χ1) is 14.7. The number of hydrogen-bond donors (Lipinski definition) is 3. The van der Waals surface area contributed by atoms with Gasteiger partial charge < -0.3 is 15.6 Å². The Balaban J connectivity index is 1.43. The van der Waals surface area contributed by atoms with Gasteiger partial charge in [-0.3, -0.25) is 14.6 Å². The van der Waals surface area contributed by atoms with Crippen LogP contribution in [-0.4, -0.2) is 33.3 Å². The van der Waals surface area contributed by atoms with Crippen molar-refractivity contribution in [3.05, 3.63) is 96.1 Å². The summed E-state index contributed by atoms with van der Waals surface area (Å²) < 4.78 is 0. The largest absolute Gasteiger partial charge is 0.354 e. The lowest BCUT2D eigenvalue weighted by Crippen LogP contribution is -2.41. The van der Waals surface area contributed by atoms with Crippen molar-refractivity contribution in [3.8, 4) is 0 Å². The number of amides is 2. The molecule has 0 unspecified atom stereocenters. The van der Waals surface area contributed by atoms with E-state index in [2.05, 4.69) is 25.6 Å². The molecule has 0 bridgehead atoms. The van der Waals surface area contributed by atoms with E-state index in [1.165, 1.54) is 6.20 Å². The Bertz CT molecular complexity index is 1110. The molecule has 2 amide bonds. The average molecular weight is 399 g/mol. The molecule has 0 radical (unpaired) electrons. The molecule has 0 saturated carbocycles. The molecule has 4 rings (SSSR count). The minimum Gasteiger partial charge on any atom is -0.354 e. The van der Waals surface area contributed by atoms with E-state index >= 15 is 0 Å². The molecular weight excluding hydrogens is 378 g/mol. The van der Waals surface area contributed by atoms with Crippen LogP contribution >= 0.6 is 0 Å². The quantitative estimate of drug-likeness (QED) is 0.445. The van der Waals surface area contributed by atoms with Crippen molar-refractivity contribution < 1.29 is 9.59 Å². The first-order valence-corrected chi connectivity index (χ1v) is 9.68. The van der Waals surface area contributed by atoms with Gasteiger partial charge in [0.05, 0.1) is 16.6 Å². The van der Waals surface area contributed by atoms with Gasteiger partial charge in [-0.1, -0.05) is 42.5 Å². The van der Waals surface area contributed by atoms with Crippen molar-refractivity contribution >= 4 is 22.8 Å². The number of H-pyrrole nitrogens is 1. The molecule has 2 heterocycles. The molecule has 2 aromatic heterocycles. The lowest BCUT2D eigenvalue weighted by molar-refractivity contribution is -0.123. The number of carbonyl (C=O) groups is 2. The predicted octanol–water partition coefficient (Wildman–Crippen LogP) is 2.79. The number of imidazole rings is 1. The van der Waals surface area contributed by atoms with E-state index in [9.17, 15) is 9.59 Å². The topological polar surface area (TPSA) is 99.8 Å². The van der Waals surface area contributed by atoms with Gasteiger partial charge in [-0.05, 0) is 29.8 Å². The lowest BCUT2D eigenvalue weighted by Gasteiger charge is -2.19. The van der Waals surface area contributed by atoms with Crippen LogP contribution < -0.4 is 10.6 Å². The second kappa shape index (κ2) is 9.00. The number of nitrogens with one attached hydrogen (secondary N) is 3. The Morgan fingerprint density at radius 3 is 2.53 bits per heavy atom. The van der Waals surface area contributed by atoms with Crippen molar-refractivity contribution in [1.82, 2.24) is 25.6 Å². The Labute approximate surface area is 173 Å². The van der Waals surface area contributed by atoms with Crippen molar-refractivity contribution in [2.24, 2.45) is 0 Å². The van der Waals surface area contributed by atoms with Crippen molar-refractivity contribution in [2.45, 2.75) is 12.5 Å². The van der Waals surface area contributed by atoms with Crippen LogP contribution in [0.15, 0.2) is 79.1 Å². The number of benzene rings is 2. The third-order valence-corrected chi connectivity index (χ3v) is 4.69. The highest BCUT2D eigenvalue weighted by molar-refractivity contribution is 5.97. The molecule has 2 aromatic carbocycles. The molecule has 4 aromatic rings. The van der Waals surface area contributed by atoms with E-state index in [4.69, 9.17) is 0 Å². The van der Waals surface area contributed by atoms with E-state index in [1.807, 2.05) is 54.6 Å². The van der Waals surface area contributed by atoms with E-state index in [1.54, 1.807) is 18.3 Å². The van der Waals surface area contributed by atoms with Gasteiger partial charge in [0, 0.05) is 25.4 Å². The van der Waals surface area contributed by atoms with E-state index < -0.39 is 6.04 Å². The fourth-order valence-electron chi connectivity index (χ4n) is 3.19. The second-order valence-electron chi connectivity index (χ2n) is 6.80. The molecule has 0 fully saturated rings. The molecule has 0 spiro atoms. The second-order valence-corrected chi connectivity index (χ2v) is 6.80. The van der Waals surface area contributed by atoms with Gasteiger partial charge in [-0.2, -0.15) is 0 Å². The zero-order valence-electron chi connectivity index (χ0n) is 16.2. The number of aromatic amines is 1. The Morgan fingerprint density at radius 2 is 1.77 bits per heavy atom. The minimum absolute atomic E-state index is 0.283. The van der Waals surface area contributed by atoms with Gasteiger partial charge in [-0.15, -0.1) is 0 Å². The summed E-state index contributed by atoms with van der Waals surface area (Å²) in [6.45, 7) is 0.394. The fourth-order valence-corrected chi connectivity index (χ4v) is 3.19. The number of pyridine rings is 1. The maximum Gasteiger partial charge on any atom is 0.253 e. The minimum atomic E-state index is -0.811. The summed E-state index contributed by atoms with van der Waals surface area (Å²) in [4.78, 5) is 37.2. The Morgan fingerprint density at radius 1 is 0.967 bits per heavy atom. The third kappa shape index (κ3) is 4.52. The van der Waals surface area contributed by atoms with Gasteiger partial charge >= 0.3 is 0 Å². The molecule has 3 N–H and O–H groups in total. The molecular formula is C23H21N5O2. The number of aromatic nitrogens is 3. The highest BCUT2D eigenvalue weighted by Crippen LogP contribution is 2.14. The van der Waals surface area contributed by atoms with Crippen molar-refractivity contribution in [1.29, 1.82) is 0 Å². The molecule has 1 atom stereocenters. The monoisotopic (exact) mass is 399 g/mol. The SMILES string of the molecule is O=C(N[C@H](C(=O)NCCc1nc2ccccc2[nH]1)c1ccccc1)c1cccnc1. The Kier molecular flexibility index (Phi) is 5.80. The summed E-state index contributed by atoms with van der Waals surface area (Å²) in [5.74, 6) is 0.158. The third-order valence-electron chi connectivity index (χ3n) is 4.69. The van der Waals surface area contributed by atoms with Crippen molar-refractivity contribution in [3.63, 3.8) is 0 Å². The molecule has 0 aliphatic carbocycles. The summed E-state index contributed by atoms with van der Waals surface area (Å²) in [5.41, 5.74) is 2.96. The van der Waals surface area contributed by atoms with Gasteiger partial charge in [-0.25, -0.2) is 4.98 Å². The molecule has 150 valence electrons. The molecule has 0 saturated heterocycles. The van der Waals surface area contributed by atoms with Crippen LogP contribution in [0.2, 0.25) is 0 Å². The first kappa shape index (κ1) is 19.3. The lowest BCUT2D eigenvalue weighted by atomic mass is 10.1. The number of nitrogens with zero attached hydrogens (tertiary/aromatic N) is 2. The van der Waals surface area contributed by atoms with Crippen molar-refractivity contribution in [2.75, 3.05) is 6.54 Å². The highest BCUT2D eigenvalue weighted by atomic mass is 16.2. The van der Waals surface area contributed by atoms with Crippen LogP contribution in [0.4, 0.5) is 0 Å². The molecule has 0 aliphatic heterocycles. The summed E-state index contributed by atoms with van der Waals surface area (Å²) in [6.07, 6.45) is 3.62. The molecule has 0 aliphatic rings. The number of fused-ring (bicyclic) bond motifs is 1. The molecule has 7 nitrogen and oxygen atoms in total. The zero-order valence-corrected chi connectivity index (χ0v) is 16.2. The number of rotatable bonds is 7. The standard InChI is InChI=1S/C23H21N5O2/c29-22(17-9-6-13-24-15-17)28-21(16-7-2-1-3-8-16)23(30)25-14-12-20-26-18-10-4-5-11-19(18)27-20/h1-11,13,15,21H,12,14H2,(H,25,30)(H,26,27)(H,28,29)/t21-/m0/s1. The number of hydrogen-bond acceptors (Lipinski definition) is 4. The van der Waals surface area contributed by atoms with Crippen LogP contribution in [0.3, 0.4) is 0 Å². The maximum atomic E-state index is 12.9. The van der Waals surface area contributed by atoms with Crippen LogP contribution in [-0.2, 0) is 11.2 Å². The van der Waals surface area contributed by atoms with Crippen LogP contribution in [0, 0.1) is 0 Å². The first-order valence-electron chi connectivity index (χ1n) is 9.68. The maximum absolute atomic E-state index is 12.9. The van der Waals surface area contributed by atoms with Crippen LogP contribution in [0.5, 0.6) is 0 Å². The summed E-state index contributed by atoms with van der Waals surface area (Å²) >= 11 is 0. The summed E-state index contributed by atoms with van der Waals surface area (Å²) in [5, 5.41) is 5.71. The van der Waals surface area contributed by atoms with Gasteiger partial charge in [0.2, 0.25) is 5.91 Å².